The minimum absolute atomic E-state index is 0.00235. The number of rotatable bonds is 22. The topological polar surface area (TPSA) is 317 Å². The number of amides is 2. The molecule has 0 radical (unpaired) electrons. The van der Waals surface area contributed by atoms with E-state index >= 15 is 0 Å². The van der Waals surface area contributed by atoms with Crippen molar-refractivity contribution in [2.24, 2.45) is 11.3 Å². The van der Waals surface area contributed by atoms with Crippen molar-refractivity contribution >= 4 is 61.3 Å². The first-order chi connectivity index (χ1) is 24.8. The minimum atomic E-state index is -5.38. The highest BCUT2D eigenvalue weighted by molar-refractivity contribution is 8.13. The number of anilines is 1. The predicted molar refractivity (Wildman–Crippen MR) is 189 cm³/mol. The van der Waals surface area contributed by atoms with Gasteiger partial charge in [0.2, 0.25) is 11.8 Å². The molecule has 2 aromatic rings. The van der Waals surface area contributed by atoms with E-state index in [1.54, 1.807) is 0 Å². The number of nitrogens with one attached hydrogen (secondary N) is 2. The number of nitrogens with two attached hydrogens (primary N) is 1. The summed E-state index contributed by atoms with van der Waals surface area (Å²) in [6, 6.07) is 0. The average molecular weight is 814 g/mol. The summed E-state index contributed by atoms with van der Waals surface area (Å²) in [5.74, 6) is -0.855. The van der Waals surface area contributed by atoms with Crippen LogP contribution in [0.4, 0.5) is 5.82 Å². The van der Waals surface area contributed by atoms with Crippen LogP contribution in [0.5, 0.6) is 0 Å². The van der Waals surface area contributed by atoms with Gasteiger partial charge in [0, 0.05) is 36.6 Å². The van der Waals surface area contributed by atoms with Gasteiger partial charge in [0.05, 0.1) is 19.5 Å². The van der Waals surface area contributed by atoms with Crippen molar-refractivity contribution < 1.29 is 66.7 Å². The molecule has 3 heterocycles. The number of hydrogen-bond donors (Lipinski definition) is 8. The molecular formula is C29H49N7O14P2S. The van der Waals surface area contributed by atoms with Crippen molar-refractivity contribution in [2.75, 3.05) is 37.8 Å². The van der Waals surface area contributed by atoms with Crippen molar-refractivity contribution in [3.63, 3.8) is 0 Å². The molecule has 7 atom stereocenters. The second-order valence-corrected chi connectivity index (χ2v) is 17.1. The Bertz CT molecular complexity index is 1650. The van der Waals surface area contributed by atoms with Gasteiger partial charge in [-0.05, 0) is 12.8 Å². The zero-order valence-corrected chi connectivity index (χ0v) is 32.4. The molecule has 300 valence electrons. The van der Waals surface area contributed by atoms with E-state index in [1.165, 1.54) is 36.5 Å². The fraction of sp³-hybridized carbons (Fsp3) is 0.724. The zero-order chi connectivity index (χ0) is 39.6. The molecular weight excluding hydrogens is 764 g/mol. The second kappa shape index (κ2) is 19.8. The standard InChI is InChI=1S/C29H49N7O14P2S/c1-5-7-17(8-6-2)28(42)53-12-11-31-19(37)9-10-32-26(41)23(40)29(3,4)14-48-52(45,46)50-51(43,44)47-13-18-21(38)22(39)27(49-18)36-16-35-20-24(30)33-15-34-25(20)36/h15-18,21-23,27,38-40H,5-14H2,1-4H3,(H,31,37)(H,32,41)(H,43,44)(H,45,46)(H2,30,33,34)/t18-,21-,22-,23?,27-/m1/s1. The van der Waals surface area contributed by atoms with Crippen LogP contribution in [0.15, 0.2) is 12.7 Å². The van der Waals surface area contributed by atoms with Crippen LogP contribution >= 0.6 is 27.4 Å². The molecule has 0 spiro atoms. The molecule has 2 amide bonds. The minimum Gasteiger partial charge on any atom is -0.387 e. The number of aromatic nitrogens is 4. The molecule has 1 saturated heterocycles. The van der Waals surface area contributed by atoms with Crippen LogP contribution in [0.3, 0.4) is 0 Å². The molecule has 9 N–H and O–H groups in total. The summed E-state index contributed by atoms with van der Waals surface area (Å²) in [6.07, 6.45) is -2.06. The average Bonchev–Trinajstić information content (AvgIpc) is 3.64. The number of aliphatic hydroxyl groups is 3. The van der Waals surface area contributed by atoms with Crippen molar-refractivity contribution in [1.29, 1.82) is 0 Å². The Morgan fingerprint density at radius 2 is 1.70 bits per heavy atom. The van der Waals surface area contributed by atoms with Crippen LogP contribution in [0.1, 0.15) is 66.0 Å². The molecule has 1 aliphatic heterocycles. The van der Waals surface area contributed by atoms with Gasteiger partial charge in [0.1, 0.15) is 36.3 Å². The molecule has 0 aromatic carbocycles. The summed E-state index contributed by atoms with van der Waals surface area (Å²) in [5.41, 5.74) is 4.57. The highest BCUT2D eigenvalue weighted by Gasteiger charge is 2.46. The Kier molecular flexibility index (Phi) is 16.8. The molecule has 0 bridgehead atoms. The van der Waals surface area contributed by atoms with Crippen LogP contribution in [0, 0.1) is 11.3 Å². The van der Waals surface area contributed by atoms with E-state index in [-0.39, 0.29) is 53.4 Å². The lowest BCUT2D eigenvalue weighted by Gasteiger charge is -2.30. The number of carbonyl (C=O) groups is 3. The van der Waals surface area contributed by atoms with E-state index in [2.05, 4.69) is 29.9 Å². The summed E-state index contributed by atoms with van der Waals surface area (Å²) in [7, 11) is -10.7. The normalized spacial score (nSPS) is 22.0. The van der Waals surface area contributed by atoms with E-state index in [9.17, 15) is 48.6 Å². The number of thioether (sulfide) groups is 1. The number of fused-ring (bicyclic) bond motifs is 1. The number of carbonyl (C=O) groups excluding carboxylic acids is 3. The molecule has 3 rings (SSSR count). The molecule has 3 unspecified atom stereocenters. The highest BCUT2D eigenvalue weighted by Crippen LogP contribution is 2.61. The number of nitrogens with zero attached hydrogens (tertiary/aromatic N) is 4. The molecule has 21 nitrogen and oxygen atoms in total. The summed E-state index contributed by atoms with van der Waals surface area (Å²) in [4.78, 5) is 69.2. The number of imidazole rings is 1. The number of phosphoric acid groups is 2. The van der Waals surface area contributed by atoms with Gasteiger partial charge in [0.25, 0.3) is 0 Å². The largest absolute Gasteiger partial charge is 0.481 e. The monoisotopic (exact) mass is 813 g/mol. The highest BCUT2D eigenvalue weighted by atomic mass is 32.2. The van der Waals surface area contributed by atoms with Crippen LogP contribution in [0.2, 0.25) is 0 Å². The summed E-state index contributed by atoms with van der Waals surface area (Å²) >= 11 is 1.18. The Morgan fingerprint density at radius 3 is 2.36 bits per heavy atom. The van der Waals surface area contributed by atoms with Gasteiger partial charge in [-0.15, -0.1) is 0 Å². The van der Waals surface area contributed by atoms with E-state index in [0.29, 0.717) is 5.75 Å². The molecule has 1 fully saturated rings. The lowest BCUT2D eigenvalue weighted by Crippen LogP contribution is -2.46. The fourth-order valence-electron chi connectivity index (χ4n) is 5.20. The molecule has 0 aliphatic carbocycles. The van der Waals surface area contributed by atoms with Crippen molar-refractivity contribution in [3.05, 3.63) is 12.7 Å². The SMILES string of the molecule is CCCC(CCC)C(=O)SCCNC(=O)CCNC(=O)C(O)C(C)(C)COP(=O)(O)OP(=O)(O)OC[C@H]1O[C@@H](n2cnc3c(N)ncnc32)[C@H](O)[C@@H]1O. The lowest BCUT2D eigenvalue weighted by atomic mass is 9.87. The Balaban J connectivity index is 1.40. The van der Waals surface area contributed by atoms with Crippen molar-refractivity contribution in [1.82, 2.24) is 30.2 Å². The Labute approximate surface area is 310 Å². The number of ether oxygens (including phenoxy) is 1. The van der Waals surface area contributed by atoms with Crippen molar-refractivity contribution in [3.8, 4) is 0 Å². The maximum absolute atomic E-state index is 12.5. The van der Waals surface area contributed by atoms with Gasteiger partial charge in [-0.25, -0.2) is 24.1 Å². The first kappa shape index (κ1) is 44.8. The maximum Gasteiger partial charge on any atom is 0.481 e. The Hall–Kier alpha value is -2.59. The third-order valence-electron chi connectivity index (χ3n) is 8.12. The summed E-state index contributed by atoms with van der Waals surface area (Å²) in [5, 5.41) is 36.7. The fourth-order valence-corrected chi connectivity index (χ4v) is 8.33. The molecule has 2 aromatic heterocycles. The van der Waals surface area contributed by atoms with Gasteiger partial charge < -0.3 is 46.2 Å². The van der Waals surface area contributed by atoms with Crippen LogP contribution < -0.4 is 16.4 Å². The smallest absolute Gasteiger partial charge is 0.387 e. The maximum atomic E-state index is 12.5. The van der Waals surface area contributed by atoms with Gasteiger partial charge >= 0.3 is 15.6 Å². The van der Waals surface area contributed by atoms with E-state index < -0.39 is 70.8 Å². The third-order valence-corrected chi connectivity index (χ3v) is 11.7. The predicted octanol–water partition coefficient (Wildman–Crippen LogP) is 0.764. The molecule has 0 saturated carbocycles. The van der Waals surface area contributed by atoms with Gasteiger partial charge in [0.15, 0.2) is 22.8 Å². The molecule has 1 aliphatic rings. The van der Waals surface area contributed by atoms with Gasteiger partial charge in [-0.2, -0.15) is 4.31 Å². The van der Waals surface area contributed by atoms with Gasteiger partial charge in [-0.1, -0.05) is 52.3 Å². The lowest BCUT2D eigenvalue weighted by molar-refractivity contribution is -0.137. The zero-order valence-electron chi connectivity index (χ0n) is 29.8. The number of aliphatic hydroxyl groups excluding tert-OH is 3. The molecule has 24 heteroatoms. The van der Waals surface area contributed by atoms with Crippen molar-refractivity contribution in [2.45, 2.75) is 90.4 Å². The Morgan fingerprint density at radius 1 is 1.04 bits per heavy atom. The van der Waals surface area contributed by atoms with Crippen LogP contribution in [0.25, 0.3) is 11.2 Å². The second-order valence-electron chi connectivity index (χ2n) is 12.9. The molecule has 53 heavy (non-hydrogen) atoms. The first-order valence-corrected chi connectivity index (χ1v) is 20.8. The number of hydrogen-bond acceptors (Lipinski definition) is 17. The van der Waals surface area contributed by atoms with Crippen LogP contribution in [-0.2, 0) is 41.6 Å². The van der Waals surface area contributed by atoms with Gasteiger partial charge in [-0.3, -0.25) is 28.0 Å². The van der Waals surface area contributed by atoms with Crippen LogP contribution in [-0.4, -0.2) is 118 Å². The number of phosphoric ester groups is 2. The summed E-state index contributed by atoms with van der Waals surface area (Å²) < 4.78 is 45.7. The van der Waals surface area contributed by atoms with E-state index in [1.807, 2.05) is 13.8 Å². The quantitative estimate of drug-likeness (QED) is 0.0601. The summed E-state index contributed by atoms with van der Waals surface area (Å²) in [6.45, 7) is 5.04. The number of nitrogen functional groups attached to an aromatic ring is 1. The van der Waals surface area contributed by atoms with E-state index in [4.69, 9.17) is 19.5 Å². The first-order valence-electron chi connectivity index (χ1n) is 16.8. The van der Waals surface area contributed by atoms with E-state index in [0.717, 1.165) is 32.0 Å². The third kappa shape index (κ3) is 13.0.